The summed E-state index contributed by atoms with van der Waals surface area (Å²) < 4.78 is 6.43. The Balaban J connectivity index is 2.00. The number of rotatable bonds is 6. The van der Waals surface area contributed by atoms with E-state index in [1.807, 2.05) is 49.4 Å². The van der Waals surface area contributed by atoms with Gasteiger partial charge in [-0.25, -0.2) is 4.98 Å². The highest BCUT2D eigenvalue weighted by molar-refractivity contribution is 7.22. The lowest BCUT2D eigenvalue weighted by molar-refractivity contribution is -0.856. The number of benzene rings is 2. The van der Waals surface area contributed by atoms with Crippen molar-refractivity contribution in [3.05, 3.63) is 53.6 Å². The maximum Gasteiger partial charge on any atom is 0.260 e. The smallest absolute Gasteiger partial charge is 0.260 e. The molecule has 0 aliphatic heterocycles. The fraction of sp³-hybridized carbons (Fsp3) is 0.300. The second-order valence-corrected chi connectivity index (χ2v) is 7.59. The summed E-state index contributed by atoms with van der Waals surface area (Å²) in [5.74, 6) is 0.704. The fourth-order valence-corrected chi connectivity index (χ4v) is 3.67. The maximum absolute atomic E-state index is 13.2. The van der Waals surface area contributed by atoms with Crippen LogP contribution in [0.3, 0.4) is 0 Å². The number of carbonyl (C=O) groups excluding carboxylic acids is 1. The van der Waals surface area contributed by atoms with Crippen molar-refractivity contribution in [3.8, 4) is 5.75 Å². The van der Waals surface area contributed by atoms with Gasteiger partial charge in [-0.1, -0.05) is 35.1 Å². The van der Waals surface area contributed by atoms with Gasteiger partial charge >= 0.3 is 0 Å². The van der Waals surface area contributed by atoms with Crippen molar-refractivity contribution in [2.45, 2.75) is 6.92 Å². The van der Waals surface area contributed by atoms with Crippen molar-refractivity contribution >= 4 is 32.6 Å². The van der Waals surface area contributed by atoms with Crippen LogP contribution in [0.1, 0.15) is 15.9 Å². The number of nitrogens with one attached hydrogen (secondary N) is 1. The van der Waals surface area contributed by atoms with E-state index < -0.39 is 0 Å². The van der Waals surface area contributed by atoms with Crippen molar-refractivity contribution in [2.24, 2.45) is 0 Å². The van der Waals surface area contributed by atoms with Crippen LogP contribution >= 0.6 is 11.3 Å². The molecular weight excluding hydrogens is 346 g/mol. The number of aromatic nitrogens is 1. The number of para-hydroxylation sites is 1. The quantitative estimate of drug-likeness (QED) is 0.725. The molecule has 5 nitrogen and oxygen atoms in total. The Morgan fingerprint density at radius 1 is 1.19 bits per heavy atom. The Hall–Kier alpha value is -2.44. The molecule has 0 radical (unpaired) electrons. The molecule has 3 aromatic rings. The third-order valence-corrected chi connectivity index (χ3v) is 5.24. The minimum Gasteiger partial charge on any atom is -0.494 e. The fourth-order valence-electron chi connectivity index (χ4n) is 2.66. The Kier molecular flexibility index (Phi) is 5.54. The van der Waals surface area contributed by atoms with Crippen LogP contribution in [0.15, 0.2) is 42.5 Å². The molecule has 0 fully saturated rings. The maximum atomic E-state index is 13.2. The molecule has 0 aliphatic rings. The van der Waals surface area contributed by atoms with Gasteiger partial charge in [0.1, 0.15) is 11.3 Å². The summed E-state index contributed by atoms with van der Waals surface area (Å²) in [4.78, 5) is 20.9. The third kappa shape index (κ3) is 3.86. The molecule has 0 atom stereocenters. The second kappa shape index (κ2) is 7.85. The van der Waals surface area contributed by atoms with Crippen molar-refractivity contribution in [1.29, 1.82) is 0 Å². The minimum absolute atomic E-state index is 0.0238. The molecule has 6 heteroatoms. The van der Waals surface area contributed by atoms with Gasteiger partial charge in [-0.3, -0.25) is 9.69 Å². The highest BCUT2D eigenvalue weighted by Crippen LogP contribution is 2.34. The molecule has 0 spiro atoms. The third-order valence-electron chi connectivity index (χ3n) is 4.20. The molecule has 0 aliphatic carbocycles. The van der Waals surface area contributed by atoms with Crippen LogP contribution < -0.4 is 14.5 Å². The summed E-state index contributed by atoms with van der Waals surface area (Å²) in [5.41, 5.74) is 2.61. The summed E-state index contributed by atoms with van der Waals surface area (Å²) in [6.45, 7) is 3.46. The predicted octanol–water partition coefficient (Wildman–Crippen LogP) is 2.40. The first-order valence-electron chi connectivity index (χ1n) is 8.60. The van der Waals surface area contributed by atoms with Gasteiger partial charge in [-0.2, -0.15) is 0 Å². The van der Waals surface area contributed by atoms with Crippen LogP contribution in [-0.4, -0.2) is 45.2 Å². The molecule has 1 amide bonds. The predicted molar refractivity (Wildman–Crippen MR) is 107 cm³/mol. The van der Waals surface area contributed by atoms with Crippen LogP contribution in [-0.2, 0) is 0 Å². The summed E-state index contributed by atoms with van der Waals surface area (Å²) >= 11 is 1.52. The van der Waals surface area contributed by atoms with Gasteiger partial charge in [-0.15, -0.1) is 0 Å². The van der Waals surface area contributed by atoms with Crippen LogP contribution in [0, 0.1) is 6.92 Å². The van der Waals surface area contributed by atoms with E-state index >= 15 is 0 Å². The molecule has 136 valence electrons. The standard InChI is InChI=1S/C20H23N3O2S/c1-14-8-10-15(11-9-14)19(24)23(13-12-22(2)3)20-21-18-16(25-4)6-5-7-17(18)26-20/h5-11H,12-13H2,1-4H3/p+1. The van der Waals surface area contributed by atoms with Gasteiger partial charge in [0.2, 0.25) is 0 Å². The molecule has 26 heavy (non-hydrogen) atoms. The molecule has 1 heterocycles. The minimum atomic E-state index is -0.0238. The monoisotopic (exact) mass is 370 g/mol. The normalized spacial score (nSPS) is 11.1. The van der Waals surface area contributed by atoms with Crippen molar-refractivity contribution < 1.29 is 14.4 Å². The number of nitrogens with zero attached hydrogens (tertiary/aromatic N) is 2. The van der Waals surface area contributed by atoms with Crippen LogP contribution in [0.5, 0.6) is 5.75 Å². The number of fused-ring (bicyclic) bond motifs is 1. The zero-order chi connectivity index (χ0) is 18.7. The number of carbonyl (C=O) groups is 1. The average molecular weight is 370 g/mol. The number of likely N-dealkylation sites (N-methyl/N-ethyl adjacent to an activating group) is 1. The van der Waals surface area contributed by atoms with E-state index in [0.29, 0.717) is 17.2 Å². The number of methoxy groups -OCH3 is 1. The van der Waals surface area contributed by atoms with E-state index in [9.17, 15) is 4.79 Å². The van der Waals surface area contributed by atoms with E-state index in [-0.39, 0.29) is 5.91 Å². The van der Waals surface area contributed by atoms with Gasteiger partial charge in [0.15, 0.2) is 5.13 Å². The molecular formula is C20H24N3O2S+. The Labute approximate surface area is 157 Å². The molecule has 0 saturated carbocycles. The van der Waals surface area contributed by atoms with Crippen molar-refractivity contribution in [1.82, 2.24) is 4.98 Å². The van der Waals surface area contributed by atoms with Crippen LogP contribution in [0.2, 0.25) is 0 Å². The van der Waals surface area contributed by atoms with E-state index in [1.165, 1.54) is 16.2 Å². The molecule has 0 saturated heterocycles. The van der Waals surface area contributed by atoms with E-state index in [4.69, 9.17) is 9.72 Å². The Morgan fingerprint density at radius 3 is 2.58 bits per heavy atom. The molecule has 2 aromatic carbocycles. The highest BCUT2D eigenvalue weighted by Gasteiger charge is 2.22. The van der Waals surface area contributed by atoms with E-state index in [2.05, 4.69) is 14.1 Å². The van der Waals surface area contributed by atoms with Crippen LogP contribution in [0.4, 0.5) is 5.13 Å². The lowest BCUT2D eigenvalue weighted by Gasteiger charge is -2.20. The summed E-state index contributed by atoms with van der Waals surface area (Å²) in [5, 5.41) is 0.705. The number of hydrogen-bond acceptors (Lipinski definition) is 4. The first-order chi connectivity index (χ1) is 12.5. The van der Waals surface area contributed by atoms with Crippen LogP contribution in [0.25, 0.3) is 10.2 Å². The number of hydrogen-bond donors (Lipinski definition) is 1. The molecule has 1 N–H and O–H groups in total. The Bertz CT molecular complexity index is 903. The molecule has 0 bridgehead atoms. The summed E-state index contributed by atoms with van der Waals surface area (Å²) in [7, 11) is 5.80. The second-order valence-electron chi connectivity index (χ2n) is 6.58. The topological polar surface area (TPSA) is 46.9 Å². The van der Waals surface area contributed by atoms with Gasteiger partial charge < -0.3 is 9.64 Å². The lowest BCUT2D eigenvalue weighted by Crippen LogP contribution is -3.06. The lowest BCUT2D eigenvalue weighted by atomic mass is 10.1. The SMILES string of the molecule is COc1cccc2sc(N(CC[NH+](C)C)C(=O)c3ccc(C)cc3)nc12. The number of aryl methyl sites for hydroxylation is 1. The van der Waals surface area contributed by atoms with Gasteiger partial charge in [0.05, 0.1) is 39.0 Å². The average Bonchev–Trinajstić information content (AvgIpc) is 3.05. The van der Waals surface area contributed by atoms with Crippen molar-refractivity contribution in [3.63, 3.8) is 0 Å². The first kappa shape index (κ1) is 18.4. The molecule has 1 aromatic heterocycles. The number of quaternary nitrogens is 1. The van der Waals surface area contributed by atoms with Crippen molar-refractivity contribution in [2.75, 3.05) is 39.2 Å². The molecule has 3 rings (SSSR count). The Morgan fingerprint density at radius 2 is 1.92 bits per heavy atom. The van der Waals surface area contributed by atoms with Gasteiger partial charge in [-0.05, 0) is 31.2 Å². The first-order valence-corrected chi connectivity index (χ1v) is 9.42. The number of ether oxygens (including phenoxy) is 1. The number of anilines is 1. The van der Waals surface area contributed by atoms with E-state index in [1.54, 1.807) is 12.0 Å². The number of amides is 1. The van der Waals surface area contributed by atoms with Gasteiger partial charge in [0, 0.05) is 5.56 Å². The molecule has 0 unspecified atom stereocenters. The largest absolute Gasteiger partial charge is 0.494 e. The number of thiazole rings is 1. The zero-order valence-corrected chi connectivity index (χ0v) is 16.4. The van der Waals surface area contributed by atoms with Gasteiger partial charge in [0.25, 0.3) is 5.91 Å². The highest BCUT2D eigenvalue weighted by atomic mass is 32.1. The summed E-state index contributed by atoms with van der Waals surface area (Å²) in [6.07, 6.45) is 0. The van der Waals surface area contributed by atoms with E-state index in [0.717, 1.165) is 28.1 Å². The zero-order valence-electron chi connectivity index (χ0n) is 15.6. The summed E-state index contributed by atoms with van der Waals surface area (Å²) in [6, 6.07) is 13.5.